The van der Waals surface area contributed by atoms with E-state index in [4.69, 9.17) is 4.74 Å². The van der Waals surface area contributed by atoms with Crippen molar-refractivity contribution < 1.29 is 18.3 Å². The van der Waals surface area contributed by atoms with Gasteiger partial charge in [-0.25, -0.2) is 13.1 Å². The van der Waals surface area contributed by atoms with Crippen LogP contribution in [0.25, 0.3) is 0 Å². The molecule has 3 atom stereocenters. The fraction of sp³-hybridized carbons (Fsp3) is 0.684. The average molecular weight is 396 g/mol. The van der Waals surface area contributed by atoms with E-state index in [0.717, 1.165) is 13.1 Å². The van der Waals surface area contributed by atoms with Crippen LogP contribution >= 0.6 is 0 Å². The SMILES string of the molecule is CN1C[C@@H](O)CNS(=O)(=O)c2ccccc2O[C@H]2CN(C3CCCC3)C[C@H]21. The van der Waals surface area contributed by atoms with Crippen LogP contribution in [0.15, 0.2) is 29.2 Å². The molecule has 7 nitrogen and oxygen atoms in total. The normalized spacial score (nSPS) is 33.0. The van der Waals surface area contributed by atoms with E-state index in [2.05, 4.69) is 14.5 Å². The van der Waals surface area contributed by atoms with Crippen LogP contribution in [0.4, 0.5) is 0 Å². The zero-order valence-corrected chi connectivity index (χ0v) is 16.6. The van der Waals surface area contributed by atoms with Gasteiger partial charge in [0.15, 0.2) is 0 Å². The summed E-state index contributed by atoms with van der Waals surface area (Å²) < 4.78 is 34.2. The quantitative estimate of drug-likeness (QED) is 0.727. The predicted octanol–water partition coefficient (Wildman–Crippen LogP) is 0.645. The minimum atomic E-state index is -3.73. The Morgan fingerprint density at radius 2 is 1.89 bits per heavy atom. The smallest absolute Gasteiger partial charge is 0.244 e. The van der Waals surface area contributed by atoms with Gasteiger partial charge in [0.25, 0.3) is 0 Å². The van der Waals surface area contributed by atoms with Crippen LogP contribution in [0, 0.1) is 0 Å². The number of ether oxygens (including phenoxy) is 1. The highest BCUT2D eigenvalue weighted by atomic mass is 32.2. The first kappa shape index (κ1) is 19.1. The molecular formula is C19H29N3O4S. The van der Waals surface area contributed by atoms with E-state index >= 15 is 0 Å². The maximum atomic E-state index is 12.7. The molecule has 0 radical (unpaired) electrons. The second-order valence-electron chi connectivity index (χ2n) is 8.01. The molecule has 1 aromatic carbocycles. The van der Waals surface area contributed by atoms with Crippen LogP contribution in [0.1, 0.15) is 25.7 Å². The van der Waals surface area contributed by atoms with E-state index in [0.29, 0.717) is 18.3 Å². The number of likely N-dealkylation sites (tertiary alicyclic amines) is 1. The Morgan fingerprint density at radius 1 is 1.15 bits per heavy atom. The minimum absolute atomic E-state index is 0.00919. The zero-order valence-electron chi connectivity index (χ0n) is 15.8. The predicted molar refractivity (Wildman–Crippen MR) is 102 cm³/mol. The van der Waals surface area contributed by atoms with Crippen molar-refractivity contribution in [2.75, 3.05) is 33.2 Å². The number of nitrogens with zero attached hydrogens (tertiary/aromatic N) is 2. The van der Waals surface area contributed by atoms with Crippen molar-refractivity contribution in [3.63, 3.8) is 0 Å². The van der Waals surface area contributed by atoms with E-state index in [1.165, 1.54) is 25.7 Å². The molecule has 1 aromatic rings. The van der Waals surface area contributed by atoms with Gasteiger partial charge in [0, 0.05) is 32.2 Å². The summed E-state index contributed by atoms with van der Waals surface area (Å²) in [6, 6.07) is 7.48. The Labute approximate surface area is 161 Å². The third-order valence-corrected chi connectivity index (χ3v) is 7.56. The molecule has 1 saturated carbocycles. The maximum Gasteiger partial charge on any atom is 0.244 e. The molecule has 3 aliphatic rings. The molecule has 27 heavy (non-hydrogen) atoms. The van der Waals surface area contributed by atoms with Gasteiger partial charge >= 0.3 is 0 Å². The molecule has 1 saturated heterocycles. The largest absolute Gasteiger partial charge is 0.486 e. The molecule has 8 heteroatoms. The Hall–Kier alpha value is -1.19. The lowest BCUT2D eigenvalue weighted by Crippen LogP contribution is -2.47. The van der Waals surface area contributed by atoms with Crippen LogP contribution in [0.5, 0.6) is 5.75 Å². The van der Waals surface area contributed by atoms with Crippen LogP contribution in [0.2, 0.25) is 0 Å². The number of sulfonamides is 1. The monoisotopic (exact) mass is 395 g/mol. The Morgan fingerprint density at radius 3 is 2.67 bits per heavy atom. The topological polar surface area (TPSA) is 82.1 Å². The van der Waals surface area contributed by atoms with E-state index in [-0.39, 0.29) is 23.6 Å². The van der Waals surface area contributed by atoms with Gasteiger partial charge in [-0.05, 0) is 32.0 Å². The lowest BCUT2D eigenvalue weighted by Gasteiger charge is -2.30. The number of benzene rings is 1. The summed E-state index contributed by atoms with van der Waals surface area (Å²) in [7, 11) is -1.75. The highest BCUT2D eigenvalue weighted by molar-refractivity contribution is 7.89. The van der Waals surface area contributed by atoms with Gasteiger partial charge in [-0.15, -0.1) is 0 Å². The molecule has 1 aliphatic carbocycles. The van der Waals surface area contributed by atoms with Crippen LogP contribution in [-0.4, -0.2) is 80.8 Å². The van der Waals surface area contributed by atoms with Crippen LogP contribution in [0.3, 0.4) is 0 Å². The van der Waals surface area contributed by atoms with Crippen LogP contribution in [-0.2, 0) is 10.0 Å². The number of hydrogen-bond donors (Lipinski definition) is 2. The molecule has 2 aliphatic heterocycles. The van der Waals surface area contributed by atoms with Gasteiger partial charge in [0.05, 0.1) is 12.1 Å². The maximum absolute atomic E-state index is 12.7. The first-order chi connectivity index (χ1) is 12.9. The summed E-state index contributed by atoms with van der Waals surface area (Å²) in [5, 5.41) is 10.3. The highest BCUT2D eigenvalue weighted by Crippen LogP contribution is 2.32. The van der Waals surface area contributed by atoms with Gasteiger partial charge in [-0.2, -0.15) is 0 Å². The van der Waals surface area contributed by atoms with Crippen molar-refractivity contribution in [2.45, 2.75) is 54.9 Å². The van der Waals surface area contributed by atoms with Crippen molar-refractivity contribution in [3.8, 4) is 5.75 Å². The zero-order chi connectivity index (χ0) is 19.0. The van der Waals surface area contributed by atoms with Gasteiger partial charge in [-0.3, -0.25) is 9.80 Å². The third-order valence-electron chi connectivity index (χ3n) is 6.10. The van der Waals surface area contributed by atoms with Crippen molar-refractivity contribution in [1.82, 2.24) is 14.5 Å². The highest BCUT2D eigenvalue weighted by Gasteiger charge is 2.41. The molecule has 4 rings (SSSR count). The molecule has 0 unspecified atom stereocenters. The van der Waals surface area contributed by atoms with Crippen molar-refractivity contribution in [1.29, 1.82) is 0 Å². The summed E-state index contributed by atoms with van der Waals surface area (Å²) in [5.41, 5.74) is 0. The van der Waals surface area contributed by atoms with Gasteiger partial charge in [0.1, 0.15) is 16.7 Å². The number of aliphatic hydroxyl groups is 1. The van der Waals surface area contributed by atoms with E-state index in [9.17, 15) is 13.5 Å². The molecule has 2 heterocycles. The fourth-order valence-electron chi connectivity index (χ4n) is 4.64. The number of β-amino-alcohol motifs (C(OH)–C–C–N with tert-alkyl or cyclic N) is 1. The number of fused-ring (bicyclic) bond motifs is 2. The molecule has 0 aromatic heterocycles. The summed E-state index contributed by atoms with van der Waals surface area (Å²) in [4.78, 5) is 4.75. The van der Waals surface area contributed by atoms with Gasteiger partial charge in [-0.1, -0.05) is 25.0 Å². The first-order valence-electron chi connectivity index (χ1n) is 9.82. The second kappa shape index (κ2) is 7.67. The van der Waals surface area contributed by atoms with Crippen LogP contribution < -0.4 is 9.46 Å². The molecule has 2 N–H and O–H groups in total. The Bertz CT molecular complexity index is 766. The standard InChI is InChI=1S/C19H29N3O4S/c1-21-11-15(23)10-20-27(24,25)19-9-5-4-8-17(19)26-18-13-22(12-16(18)21)14-6-2-3-7-14/h4-5,8-9,14-16,18,20,23H,2-3,6-7,10-13H2,1H3/t15-,16+,18-/m0/s1. The Kier molecular flexibility index (Phi) is 5.44. The number of aliphatic hydroxyl groups excluding tert-OH is 1. The first-order valence-corrected chi connectivity index (χ1v) is 11.3. The van der Waals surface area contributed by atoms with Gasteiger partial charge < -0.3 is 9.84 Å². The lowest BCUT2D eigenvalue weighted by atomic mass is 10.1. The molecule has 0 amide bonds. The van der Waals surface area contributed by atoms with E-state index in [1.807, 2.05) is 7.05 Å². The van der Waals surface area contributed by atoms with E-state index < -0.39 is 16.1 Å². The summed E-state index contributed by atoms with van der Waals surface area (Å²) in [6.07, 6.45) is 4.10. The summed E-state index contributed by atoms with van der Waals surface area (Å²) in [5.74, 6) is 0.387. The number of rotatable bonds is 1. The summed E-state index contributed by atoms with van der Waals surface area (Å²) in [6.45, 7) is 2.07. The third kappa shape index (κ3) is 4.00. The van der Waals surface area contributed by atoms with Crippen molar-refractivity contribution >= 4 is 10.0 Å². The molecule has 2 fully saturated rings. The minimum Gasteiger partial charge on any atom is -0.486 e. The molecule has 0 bridgehead atoms. The summed E-state index contributed by atoms with van der Waals surface area (Å²) >= 11 is 0. The fourth-order valence-corrected chi connectivity index (χ4v) is 5.85. The van der Waals surface area contributed by atoms with E-state index in [1.54, 1.807) is 24.3 Å². The Balaban J connectivity index is 1.66. The number of nitrogens with one attached hydrogen (secondary N) is 1. The number of likely N-dealkylation sites (N-methyl/N-ethyl adjacent to an activating group) is 1. The molecule has 0 spiro atoms. The average Bonchev–Trinajstić information content (AvgIpc) is 3.29. The van der Waals surface area contributed by atoms with Crippen molar-refractivity contribution in [3.05, 3.63) is 24.3 Å². The van der Waals surface area contributed by atoms with Crippen molar-refractivity contribution in [2.24, 2.45) is 0 Å². The molecule has 150 valence electrons. The lowest BCUT2D eigenvalue weighted by molar-refractivity contribution is 0.0713. The number of para-hydroxylation sites is 1. The molecular weight excluding hydrogens is 366 g/mol. The second-order valence-corrected chi connectivity index (χ2v) is 9.74. The number of hydrogen-bond acceptors (Lipinski definition) is 6. The van der Waals surface area contributed by atoms with Gasteiger partial charge in [0.2, 0.25) is 10.0 Å².